The van der Waals surface area contributed by atoms with E-state index in [1.165, 1.54) is 24.7 Å². The zero-order valence-corrected chi connectivity index (χ0v) is 19.6. The molecule has 0 saturated heterocycles. The Bertz CT molecular complexity index is 1260. The number of aryl methyl sites for hydroxylation is 1. The Kier molecular flexibility index (Phi) is 7.45. The van der Waals surface area contributed by atoms with Crippen LogP contribution in [-0.4, -0.2) is 47.7 Å². The highest BCUT2D eigenvalue weighted by Crippen LogP contribution is 2.26. The molecule has 3 aromatic heterocycles. The van der Waals surface area contributed by atoms with E-state index >= 15 is 0 Å². The number of halogens is 1. The molecular weight excluding hydrogens is 462 g/mol. The third kappa shape index (κ3) is 6.50. The Morgan fingerprint density at radius 2 is 2.00 bits per heavy atom. The highest BCUT2D eigenvalue weighted by molar-refractivity contribution is 6.30. The van der Waals surface area contributed by atoms with Crippen molar-refractivity contribution in [3.63, 3.8) is 0 Å². The predicted molar refractivity (Wildman–Crippen MR) is 125 cm³/mol. The molecule has 34 heavy (non-hydrogen) atoms. The molecule has 0 radical (unpaired) electrons. The van der Waals surface area contributed by atoms with E-state index in [0.717, 1.165) is 0 Å². The maximum absolute atomic E-state index is 12.5. The number of amides is 2. The lowest BCUT2D eigenvalue weighted by Crippen LogP contribution is -2.18. The molecule has 2 amide bonds. The van der Waals surface area contributed by atoms with Crippen molar-refractivity contribution in [2.24, 2.45) is 7.05 Å². The normalized spacial score (nSPS) is 11.7. The molecule has 3 aromatic rings. The van der Waals surface area contributed by atoms with Crippen LogP contribution in [0.4, 0.5) is 16.3 Å². The van der Waals surface area contributed by atoms with Crippen LogP contribution in [0.3, 0.4) is 0 Å². The van der Waals surface area contributed by atoms with E-state index in [1.807, 2.05) is 0 Å². The van der Waals surface area contributed by atoms with Crippen molar-refractivity contribution < 1.29 is 19.4 Å². The first-order valence-corrected chi connectivity index (χ1v) is 10.4. The van der Waals surface area contributed by atoms with Gasteiger partial charge in [0.25, 0.3) is 5.91 Å². The molecule has 0 aliphatic heterocycles. The number of pyridine rings is 2. The zero-order valence-electron chi connectivity index (χ0n) is 18.8. The highest BCUT2D eigenvalue weighted by Gasteiger charge is 2.20. The van der Waals surface area contributed by atoms with Crippen LogP contribution >= 0.6 is 11.6 Å². The molecule has 0 fully saturated rings. The first kappa shape index (κ1) is 24.6. The zero-order chi connectivity index (χ0) is 24.9. The number of hydrogen-bond acceptors (Lipinski definition) is 8. The fraction of sp³-hybridized carbons (Fsp3) is 0.273. The van der Waals surface area contributed by atoms with Gasteiger partial charge in [-0.1, -0.05) is 28.8 Å². The standard InChI is InChI=1S/C22H22ClN7O4/c1-13(15-6-5-11-24-19(15)23)34-21(32)27-20-18(28-29-30(20)4)16-8-7-14(12-25-16)26-17(31)9-10-22(2,3)33/h5-8,11-13,33H,1-4H3,(H,26,31)(H,27,32)/t13-/m1/s1. The Balaban J connectivity index is 1.70. The number of hydrogen-bond donors (Lipinski definition) is 3. The summed E-state index contributed by atoms with van der Waals surface area (Å²) >= 11 is 6.06. The molecule has 0 aromatic carbocycles. The van der Waals surface area contributed by atoms with Crippen LogP contribution in [0.25, 0.3) is 11.4 Å². The van der Waals surface area contributed by atoms with Crippen molar-refractivity contribution in [3.05, 3.63) is 47.4 Å². The molecule has 0 unspecified atom stereocenters. The van der Waals surface area contributed by atoms with Crippen molar-refractivity contribution in [3.8, 4) is 23.2 Å². The van der Waals surface area contributed by atoms with Crippen LogP contribution in [0, 0.1) is 11.8 Å². The summed E-state index contributed by atoms with van der Waals surface area (Å²) in [5, 5.41) is 23.0. The number of aliphatic hydroxyl groups is 1. The maximum Gasteiger partial charge on any atom is 0.413 e. The maximum atomic E-state index is 12.5. The van der Waals surface area contributed by atoms with Gasteiger partial charge in [-0.3, -0.25) is 15.1 Å². The second kappa shape index (κ2) is 10.3. The van der Waals surface area contributed by atoms with Gasteiger partial charge in [0.15, 0.2) is 11.5 Å². The number of nitrogens with one attached hydrogen (secondary N) is 2. The average molecular weight is 484 g/mol. The van der Waals surface area contributed by atoms with Gasteiger partial charge in [-0.15, -0.1) is 5.10 Å². The second-order valence-electron chi connectivity index (χ2n) is 7.66. The van der Waals surface area contributed by atoms with Crippen LogP contribution in [0.2, 0.25) is 5.15 Å². The van der Waals surface area contributed by atoms with Crippen molar-refractivity contribution in [2.75, 3.05) is 10.6 Å². The minimum Gasteiger partial charge on any atom is -0.441 e. The number of aromatic nitrogens is 5. The number of rotatable bonds is 5. The summed E-state index contributed by atoms with van der Waals surface area (Å²) in [7, 11) is 1.60. The summed E-state index contributed by atoms with van der Waals surface area (Å²) in [6, 6.07) is 6.59. The third-order valence-corrected chi connectivity index (χ3v) is 4.62. The number of ether oxygens (including phenoxy) is 1. The van der Waals surface area contributed by atoms with Gasteiger partial charge in [-0.25, -0.2) is 14.5 Å². The molecule has 12 heteroatoms. The van der Waals surface area contributed by atoms with Crippen LogP contribution in [0.15, 0.2) is 36.7 Å². The molecule has 11 nitrogen and oxygen atoms in total. The van der Waals surface area contributed by atoms with Crippen molar-refractivity contribution >= 4 is 35.1 Å². The minimum atomic E-state index is -1.28. The van der Waals surface area contributed by atoms with E-state index in [2.05, 4.69) is 42.8 Å². The molecule has 0 saturated carbocycles. The lowest BCUT2D eigenvalue weighted by molar-refractivity contribution is -0.111. The Morgan fingerprint density at radius 3 is 2.65 bits per heavy atom. The van der Waals surface area contributed by atoms with Gasteiger partial charge < -0.3 is 15.2 Å². The molecule has 176 valence electrons. The topological polar surface area (TPSA) is 144 Å². The summed E-state index contributed by atoms with van der Waals surface area (Å²) in [6.07, 6.45) is 1.56. The molecule has 3 heterocycles. The molecular formula is C22H22ClN7O4. The second-order valence-corrected chi connectivity index (χ2v) is 8.02. The fourth-order valence-corrected chi connectivity index (χ4v) is 2.97. The van der Waals surface area contributed by atoms with E-state index in [4.69, 9.17) is 16.3 Å². The number of carbonyl (C=O) groups is 2. The van der Waals surface area contributed by atoms with Crippen molar-refractivity contribution in [1.82, 2.24) is 25.0 Å². The van der Waals surface area contributed by atoms with E-state index in [1.54, 1.807) is 44.4 Å². The fourth-order valence-electron chi connectivity index (χ4n) is 2.70. The summed E-state index contributed by atoms with van der Waals surface area (Å²) in [5.74, 6) is 4.39. The Hall–Kier alpha value is -4.01. The summed E-state index contributed by atoms with van der Waals surface area (Å²) in [5.41, 5.74) is 0.365. The van der Waals surface area contributed by atoms with E-state index in [9.17, 15) is 14.7 Å². The van der Waals surface area contributed by atoms with Gasteiger partial charge in [0.1, 0.15) is 16.9 Å². The number of anilines is 2. The number of carbonyl (C=O) groups excluding carboxylic acids is 2. The van der Waals surface area contributed by atoms with Crippen LogP contribution in [-0.2, 0) is 16.6 Å². The Morgan fingerprint density at radius 1 is 1.24 bits per heavy atom. The molecule has 0 bridgehead atoms. The smallest absolute Gasteiger partial charge is 0.413 e. The van der Waals surface area contributed by atoms with Crippen LogP contribution in [0.1, 0.15) is 32.4 Å². The molecule has 0 aliphatic carbocycles. The van der Waals surface area contributed by atoms with E-state index in [0.29, 0.717) is 22.6 Å². The van der Waals surface area contributed by atoms with Crippen molar-refractivity contribution in [1.29, 1.82) is 0 Å². The SMILES string of the molecule is C[C@@H](OC(=O)Nc1c(-c2ccc(NC(=O)C#CC(C)(C)O)cn2)nnn1C)c1cccnc1Cl. The van der Waals surface area contributed by atoms with Crippen LogP contribution in [0.5, 0.6) is 0 Å². The van der Waals surface area contributed by atoms with Gasteiger partial charge in [0, 0.05) is 18.8 Å². The molecule has 0 aliphatic rings. The summed E-state index contributed by atoms with van der Waals surface area (Å²) in [4.78, 5) is 32.6. The largest absolute Gasteiger partial charge is 0.441 e. The van der Waals surface area contributed by atoms with E-state index in [-0.39, 0.29) is 11.0 Å². The van der Waals surface area contributed by atoms with Gasteiger partial charge in [-0.2, -0.15) is 0 Å². The minimum absolute atomic E-state index is 0.244. The summed E-state index contributed by atoms with van der Waals surface area (Å²) in [6.45, 7) is 4.62. The average Bonchev–Trinajstić information content (AvgIpc) is 3.12. The lowest BCUT2D eigenvalue weighted by Gasteiger charge is -2.15. The third-order valence-electron chi connectivity index (χ3n) is 4.30. The Labute approximate surface area is 200 Å². The first-order valence-electron chi connectivity index (χ1n) is 10.0. The molecule has 1 atom stereocenters. The monoisotopic (exact) mass is 483 g/mol. The summed E-state index contributed by atoms with van der Waals surface area (Å²) < 4.78 is 6.77. The van der Waals surface area contributed by atoms with Crippen molar-refractivity contribution in [2.45, 2.75) is 32.5 Å². The van der Waals surface area contributed by atoms with Gasteiger partial charge in [0.05, 0.1) is 17.6 Å². The van der Waals surface area contributed by atoms with Gasteiger partial charge >= 0.3 is 6.09 Å². The quantitative estimate of drug-likeness (QED) is 0.371. The molecule has 0 spiro atoms. The van der Waals surface area contributed by atoms with E-state index < -0.39 is 23.7 Å². The molecule has 3 N–H and O–H groups in total. The predicted octanol–water partition coefficient (Wildman–Crippen LogP) is 2.95. The highest BCUT2D eigenvalue weighted by atomic mass is 35.5. The molecule has 3 rings (SSSR count). The van der Waals surface area contributed by atoms with Crippen LogP contribution < -0.4 is 10.6 Å². The first-order chi connectivity index (χ1) is 16.0. The van der Waals surface area contributed by atoms with Gasteiger partial charge in [0.2, 0.25) is 0 Å². The number of nitrogens with zero attached hydrogens (tertiary/aromatic N) is 5. The van der Waals surface area contributed by atoms with Gasteiger partial charge in [-0.05, 0) is 44.9 Å². The lowest BCUT2D eigenvalue weighted by atomic mass is 10.1.